The molecule has 0 spiro atoms. The molecule has 26 heavy (non-hydrogen) atoms. The van der Waals surface area contributed by atoms with E-state index in [1.807, 2.05) is 0 Å². The molecule has 0 amide bonds. The normalized spacial score (nSPS) is 10.8. The Morgan fingerprint density at radius 1 is 1.19 bits per heavy atom. The summed E-state index contributed by atoms with van der Waals surface area (Å²) in [6.07, 6.45) is 0.906. The molecule has 138 valence electrons. The van der Waals surface area contributed by atoms with Crippen LogP contribution >= 0.6 is 0 Å². The highest BCUT2D eigenvalue weighted by molar-refractivity contribution is 7.92. The summed E-state index contributed by atoms with van der Waals surface area (Å²) in [5.41, 5.74) is -0.307. The van der Waals surface area contributed by atoms with Gasteiger partial charge in [-0.25, -0.2) is 8.42 Å². The third-order valence-electron chi connectivity index (χ3n) is 3.29. The SMILES string of the molecule is COC(=O)CN(c1ccc([N+](=O)[O-])cc1Oc1ccccc1)S(C)(=O)=O. The average molecular weight is 380 g/mol. The van der Waals surface area contributed by atoms with E-state index in [1.54, 1.807) is 30.3 Å². The van der Waals surface area contributed by atoms with Gasteiger partial charge in [-0.1, -0.05) is 18.2 Å². The Bertz CT molecular complexity index is 913. The van der Waals surface area contributed by atoms with E-state index in [-0.39, 0.29) is 17.1 Å². The van der Waals surface area contributed by atoms with Crippen molar-refractivity contribution < 1.29 is 27.6 Å². The van der Waals surface area contributed by atoms with Gasteiger partial charge in [-0.05, 0) is 18.2 Å². The standard InChI is InChI=1S/C16H16N2O7S/c1-24-16(19)11-17(26(2,22)23)14-9-8-12(18(20)21)10-15(14)25-13-6-4-3-5-7-13/h3-10H,11H2,1-2H3. The van der Waals surface area contributed by atoms with Gasteiger partial charge in [0, 0.05) is 6.07 Å². The number of nitro groups is 1. The van der Waals surface area contributed by atoms with Gasteiger partial charge < -0.3 is 9.47 Å². The predicted octanol–water partition coefficient (Wildman–Crippen LogP) is 2.33. The highest BCUT2D eigenvalue weighted by Gasteiger charge is 2.26. The second-order valence-electron chi connectivity index (χ2n) is 5.17. The fourth-order valence-corrected chi connectivity index (χ4v) is 2.93. The molecule has 9 nitrogen and oxygen atoms in total. The molecule has 0 unspecified atom stereocenters. The number of non-ortho nitro benzene ring substituents is 1. The molecule has 0 N–H and O–H groups in total. The first-order valence-corrected chi connectivity index (χ1v) is 9.13. The van der Waals surface area contributed by atoms with Crippen molar-refractivity contribution in [2.45, 2.75) is 0 Å². The summed E-state index contributed by atoms with van der Waals surface area (Å²) in [6.45, 7) is -0.599. The van der Waals surface area contributed by atoms with E-state index in [0.29, 0.717) is 5.75 Å². The van der Waals surface area contributed by atoms with E-state index in [1.165, 1.54) is 6.07 Å². The van der Waals surface area contributed by atoms with Crippen LogP contribution in [0.5, 0.6) is 11.5 Å². The maximum Gasteiger partial charge on any atom is 0.326 e. The van der Waals surface area contributed by atoms with Gasteiger partial charge in [0.15, 0.2) is 5.75 Å². The third-order valence-corrected chi connectivity index (χ3v) is 4.42. The Morgan fingerprint density at radius 3 is 2.38 bits per heavy atom. The number of anilines is 1. The molecule has 0 aliphatic rings. The summed E-state index contributed by atoms with van der Waals surface area (Å²) in [6, 6.07) is 11.8. The van der Waals surface area contributed by atoms with Gasteiger partial charge in [0.2, 0.25) is 10.0 Å². The summed E-state index contributed by atoms with van der Waals surface area (Å²) < 4.78 is 35.2. The molecule has 2 aromatic carbocycles. The van der Waals surface area contributed by atoms with Crippen molar-refractivity contribution in [3.63, 3.8) is 0 Å². The molecule has 0 bridgehead atoms. The Kier molecular flexibility index (Phi) is 5.78. The van der Waals surface area contributed by atoms with Crippen LogP contribution in [0.4, 0.5) is 11.4 Å². The Labute approximate surface area is 150 Å². The van der Waals surface area contributed by atoms with Crippen molar-refractivity contribution in [2.24, 2.45) is 0 Å². The molecule has 0 fully saturated rings. The number of hydrogen-bond donors (Lipinski definition) is 0. The van der Waals surface area contributed by atoms with Crippen LogP contribution in [0.1, 0.15) is 0 Å². The number of hydrogen-bond acceptors (Lipinski definition) is 7. The van der Waals surface area contributed by atoms with Crippen LogP contribution in [0.25, 0.3) is 0 Å². The van der Waals surface area contributed by atoms with Crippen LogP contribution in [0.3, 0.4) is 0 Å². The van der Waals surface area contributed by atoms with E-state index < -0.39 is 27.5 Å². The van der Waals surface area contributed by atoms with Crippen molar-refractivity contribution in [1.29, 1.82) is 0 Å². The lowest BCUT2D eigenvalue weighted by molar-refractivity contribution is -0.384. The molecule has 10 heteroatoms. The van der Waals surface area contributed by atoms with Crippen molar-refractivity contribution in [2.75, 3.05) is 24.2 Å². The molecule has 0 heterocycles. The molecule has 0 aliphatic heterocycles. The van der Waals surface area contributed by atoms with Gasteiger partial charge in [-0.15, -0.1) is 0 Å². The number of benzene rings is 2. The molecule has 0 aliphatic carbocycles. The van der Waals surface area contributed by atoms with E-state index in [9.17, 15) is 23.3 Å². The zero-order valence-electron chi connectivity index (χ0n) is 14.0. The van der Waals surface area contributed by atoms with E-state index >= 15 is 0 Å². The Balaban J connectivity index is 2.57. The first kappa shape index (κ1) is 19.2. The highest BCUT2D eigenvalue weighted by atomic mass is 32.2. The van der Waals surface area contributed by atoms with Gasteiger partial charge in [0.25, 0.3) is 5.69 Å². The minimum Gasteiger partial charge on any atom is -0.468 e. The van der Waals surface area contributed by atoms with Crippen molar-refractivity contribution in [1.82, 2.24) is 0 Å². The summed E-state index contributed by atoms with van der Waals surface area (Å²) in [4.78, 5) is 22.0. The third kappa shape index (κ3) is 4.70. The molecule has 0 saturated carbocycles. The van der Waals surface area contributed by atoms with Crippen LogP contribution < -0.4 is 9.04 Å². The Morgan fingerprint density at radius 2 is 1.85 bits per heavy atom. The van der Waals surface area contributed by atoms with E-state index in [2.05, 4.69) is 4.74 Å². The number of nitrogens with zero attached hydrogens (tertiary/aromatic N) is 2. The number of nitro benzene ring substituents is 1. The van der Waals surface area contributed by atoms with Crippen LogP contribution in [0, 0.1) is 10.1 Å². The number of rotatable bonds is 7. The van der Waals surface area contributed by atoms with Gasteiger partial charge in [0.05, 0.1) is 30.0 Å². The van der Waals surface area contributed by atoms with Gasteiger partial charge in [-0.3, -0.25) is 19.2 Å². The molecular weight excluding hydrogens is 364 g/mol. The number of para-hydroxylation sites is 1. The minimum atomic E-state index is -3.89. The molecule has 2 aromatic rings. The van der Waals surface area contributed by atoms with Gasteiger partial charge in [0.1, 0.15) is 12.3 Å². The van der Waals surface area contributed by atoms with E-state index in [0.717, 1.165) is 29.8 Å². The number of methoxy groups -OCH3 is 1. The van der Waals surface area contributed by atoms with Crippen molar-refractivity contribution in [3.05, 3.63) is 58.6 Å². The zero-order chi connectivity index (χ0) is 19.3. The number of carbonyl (C=O) groups is 1. The number of esters is 1. The predicted molar refractivity (Wildman–Crippen MR) is 93.8 cm³/mol. The van der Waals surface area contributed by atoms with Crippen molar-refractivity contribution in [3.8, 4) is 11.5 Å². The first-order chi connectivity index (χ1) is 12.2. The highest BCUT2D eigenvalue weighted by Crippen LogP contribution is 2.36. The number of sulfonamides is 1. The number of ether oxygens (including phenoxy) is 2. The maximum absolute atomic E-state index is 12.1. The molecule has 0 aromatic heterocycles. The largest absolute Gasteiger partial charge is 0.468 e. The van der Waals surface area contributed by atoms with E-state index in [4.69, 9.17) is 4.74 Å². The fourth-order valence-electron chi connectivity index (χ4n) is 2.08. The fraction of sp³-hybridized carbons (Fsp3) is 0.188. The monoisotopic (exact) mass is 380 g/mol. The quantitative estimate of drug-likeness (QED) is 0.411. The average Bonchev–Trinajstić information content (AvgIpc) is 2.59. The maximum atomic E-state index is 12.1. The lowest BCUT2D eigenvalue weighted by Gasteiger charge is -2.23. The first-order valence-electron chi connectivity index (χ1n) is 7.28. The van der Waals surface area contributed by atoms with Crippen LogP contribution in [0.15, 0.2) is 48.5 Å². The van der Waals surface area contributed by atoms with Crippen molar-refractivity contribution >= 4 is 27.4 Å². The second kappa shape index (κ2) is 7.83. The lowest BCUT2D eigenvalue weighted by Crippen LogP contribution is -2.35. The molecule has 0 radical (unpaired) electrons. The second-order valence-corrected chi connectivity index (χ2v) is 7.08. The number of carbonyl (C=O) groups excluding carboxylic acids is 1. The van der Waals surface area contributed by atoms with Crippen LogP contribution in [-0.4, -0.2) is 39.2 Å². The Hall–Kier alpha value is -3.14. The molecule has 0 atom stereocenters. The zero-order valence-corrected chi connectivity index (χ0v) is 14.8. The van der Waals surface area contributed by atoms with Crippen LogP contribution in [0.2, 0.25) is 0 Å². The summed E-state index contributed by atoms with van der Waals surface area (Å²) in [5.74, 6) is -0.528. The summed E-state index contributed by atoms with van der Waals surface area (Å²) in [7, 11) is -2.76. The summed E-state index contributed by atoms with van der Waals surface area (Å²) in [5, 5.41) is 11.1. The molecule has 2 rings (SSSR count). The molecular formula is C16H16N2O7S. The molecule has 0 saturated heterocycles. The van der Waals surface area contributed by atoms with Crippen LogP contribution in [-0.2, 0) is 19.6 Å². The summed E-state index contributed by atoms with van der Waals surface area (Å²) >= 11 is 0. The topological polar surface area (TPSA) is 116 Å². The van der Waals surface area contributed by atoms with Gasteiger partial charge in [-0.2, -0.15) is 0 Å². The smallest absolute Gasteiger partial charge is 0.326 e. The lowest BCUT2D eigenvalue weighted by atomic mass is 10.2. The minimum absolute atomic E-state index is 0.0210. The van der Waals surface area contributed by atoms with Gasteiger partial charge >= 0.3 is 5.97 Å².